The van der Waals surface area contributed by atoms with Crippen LogP contribution in [0.25, 0.3) is 0 Å². The number of rotatable bonds is 0. The molecule has 1 atom stereocenters. The van der Waals surface area contributed by atoms with Crippen molar-refractivity contribution in [1.82, 2.24) is 0 Å². The van der Waals surface area contributed by atoms with Gasteiger partial charge in [-0.2, -0.15) is 11.8 Å². The Kier molecular flexibility index (Phi) is 2.62. The van der Waals surface area contributed by atoms with Crippen LogP contribution in [0.3, 0.4) is 0 Å². The molecular formula is C9H9BrFNS. The van der Waals surface area contributed by atoms with Gasteiger partial charge in [0.15, 0.2) is 0 Å². The average Bonchev–Trinajstić information content (AvgIpc) is 2.07. The van der Waals surface area contributed by atoms with E-state index in [0.717, 1.165) is 27.1 Å². The molecule has 70 valence electrons. The second-order valence-electron chi connectivity index (χ2n) is 3.08. The molecule has 4 heteroatoms. The van der Waals surface area contributed by atoms with Crippen LogP contribution in [0.1, 0.15) is 17.2 Å². The summed E-state index contributed by atoms with van der Waals surface area (Å²) in [5.41, 5.74) is 7.97. The van der Waals surface area contributed by atoms with Gasteiger partial charge in [0.05, 0.1) is 0 Å². The van der Waals surface area contributed by atoms with Crippen LogP contribution in [0.4, 0.5) is 4.39 Å². The maximum absolute atomic E-state index is 13.0. The second-order valence-corrected chi connectivity index (χ2v) is 4.96. The summed E-state index contributed by atoms with van der Waals surface area (Å²) in [6.07, 6.45) is 0. The van der Waals surface area contributed by atoms with E-state index >= 15 is 0 Å². The van der Waals surface area contributed by atoms with Crippen LogP contribution in [-0.4, -0.2) is 5.75 Å². The average molecular weight is 262 g/mol. The van der Waals surface area contributed by atoms with Crippen LogP contribution in [0.2, 0.25) is 0 Å². The highest BCUT2D eigenvalue weighted by Gasteiger charge is 2.19. The van der Waals surface area contributed by atoms with Gasteiger partial charge >= 0.3 is 0 Å². The summed E-state index contributed by atoms with van der Waals surface area (Å²) < 4.78 is 13.9. The predicted octanol–water partition coefficient (Wildman–Crippen LogP) is 2.83. The molecule has 0 saturated heterocycles. The van der Waals surface area contributed by atoms with Crippen LogP contribution in [-0.2, 0) is 5.75 Å². The second kappa shape index (κ2) is 3.59. The highest BCUT2D eigenvalue weighted by Crippen LogP contribution is 2.35. The molecule has 0 aliphatic carbocycles. The zero-order valence-electron chi connectivity index (χ0n) is 6.89. The summed E-state index contributed by atoms with van der Waals surface area (Å²) in [7, 11) is 0. The van der Waals surface area contributed by atoms with Gasteiger partial charge in [-0.05, 0) is 23.3 Å². The van der Waals surface area contributed by atoms with Crippen molar-refractivity contribution in [1.29, 1.82) is 0 Å². The highest BCUT2D eigenvalue weighted by atomic mass is 79.9. The van der Waals surface area contributed by atoms with Crippen molar-refractivity contribution in [3.05, 3.63) is 33.5 Å². The molecular weight excluding hydrogens is 253 g/mol. The van der Waals surface area contributed by atoms with E-state index in [1.54, 1.807) is 17.8 Å². The van der Waals surface area contributed by atoms with E-state index in [-0.39, 0.29) is 11.9 Å². The van der Waals surface area contributed by atoms with Gasteiger partial charge in [-0.3, -0.25) is 0 Å². The molecule has 2 rings (SSSR count). The van der Waals surface area contributed by atoms with Crippen LogP contribution in [0.5, 0.6) is 0 Å². The molecule has 0 unspecified atom stereocenters. The van der Waals surface area contributed by atoms with Gasteiger partial charge in [0.25, 0.3) is 0 Å². The largest absolute Gasteiger partial charge is 0.323 e. The molecule has 0 bridgehead atoms. The molecule has 1 aromatic carbocycles. The van der Waals surface area contributed by atoms with Crippen LogP contribution >= 0.6 is 27.7 Å². The number of hydrogen-bond donors (Lipinski definition) is 1. The Morgan fingerprint density at radius 3 is 3.08 bits per heavy atom. The van der Waals surface area contributed by atoms with E-state index in [1.807, 2.05) is 0 Å². The van der Waals surface area contributed by atoms with E-state index in [4.69, 9.17) is 5.73 Å². The summed E-state index contributed by atoms with van der Waals surface area (Å²) in [5.74, 6) is 1.58. The minimum Gasteiger partial charge on any atom is -0.323 e. The first kappa shape index (κ1) is 9.49. The first-order chi connectivity index (χ1) is 6.18. The Bertz CT molecular complexity index is 343. The van der Waals surface area contributed by atoms with E-state index in [9.17, 15) is 4.39 Å². The number of benzene rings is 1. The van der Waals surface area contributed by atoms with Gasteiger partial charge in [-0.15, -0.1) is 0 Å². The zero-order chi connectivity index (χ0) is 9.42. The monoisotopic (exact) mass is 261 g/mol. The summed E-state index contributed by atoms with van der Waals surface area (Å²) >= 11 is 5.14. The standard InChI is InChI=1S/C9H9BrFNS/c10-8-2-5(11)1-6-7(8)3-13-4-9(6)12/h1-2,9H,3-4,12H2/t9-/m0/s1. The fourth-order valence-electron chi connectivity index (χ4n) is 1.48. The van der Waals surface area contributed by atoms with E-state index in [2.05, 4.69) is 15.9 Å². The van der Waals surface area contributed by atoms with Crippen molar-refractivity contribution >= 4 is 27.7 Å². The molecule has 0 spiro atoms. The van der Waals surface area contributed by atoms with Gasteiger partial charge in [-0.1, -0.05) is 15.9 Å². The van der Waals surface area contributed by atoms with Crippen molar-refractivity contribution in [3.8, 4) is 0 Å². The van der Waals surface area contributed by atoms with Crippen molar-refractivity contribution in [2.24, 2.45) is 5.73 Å². The quantitative estimate of drug-likeness (QED) is 0.778. The van der Waals surface area contributed by atoms with Gasteiger partial charge in [0.2, 0.25) is 0 Å². The lowest BCUT2D eigenvalue weighted by Crippen LogP contribution is -2.19. The first-order valence-electron chi connectivity index (χ1n) is 3.99. The molecule has 13 heavy (non-hydrogen) atoms. The Labute approximate surface area is 89.0 Å². The summed E-state index contributed by atoms with van der Waals surface area (Å²) in [6.45, 7) is 0. The van der Waals surface area contributed by atoms with E-state index in [1.165, 1.54) is 6.07 Å². The third kappa shape index (κ3) is 1.75. The maximum Gasteiger partial charge on any atom is 0.124 e. The molecule has 0 aromatic heterocycles. The number of halogens is 2. The third-order valence-corrected chi connectivity index (χ3v) is 3.93. The van der Waals surface area contributed by atoms with Crippen molar-refractivity contribution < 1.29 is 4.39 Å². The van der Waals surface area contributed by atoms with Gasteiger partial charge in [0, 0.05) is 22.0 Å². The zero-order valence-corrected chi connectivity index (χ0v) is 9.29. The third-order valence-electron chi connectivity index (χ3n) is 2.14. The Morgan fingerprint density at radius 1 is 1.54 bits per heavy atom. The number of hydrogen-bond acceptors (Lipinski definition) is 2. The van der Waals surface area contributed by atoms with Crippen molar-refractivity contribution in [2.75, 3.05) is 5.75 Å². The fourth-order valence-corrected chi connectivity index (χ4v) is 3.34. The maximum atomic E-state index is 13.0. The Balaban J connectivity index is 2.56. The number of thioether (sulfide) groups is 1. The highest BCUT2D eigenvalue weighted by molar-refractivity contribution is 9.10. The molecule has 0 saturated carbocycles. The first-order valence-corrected chi connectivity index (χ1v) is 5.94. The van der Waals surface area contributed by atoms with Crippen LogP contribution in [0.15, 0.2) is 16.6 Å². The van der Waals surface area contributed by atoms with E-state index < -0.39 is 0 Å². The Morgan fingerprint density at radius 2 is 2.31 bits per heavy atom. The van der Waals surface area contributed by atoms with Gasteiger partial charge in [0.1, 0.15) is 5.82 Å². The van der Waals surface area contributed by atoms with Gasteiger partial charge < -0.3 is 5.73 Å². The lowest BCUT2D eigenvalue weighted by molar-refractivity contribution is 0.619. The van der Waals surface area contributed by atoms with Crippen LogP contribution < -0.4 is 5.73 Å². The number of fused-ring (bicyclic) bond motifs is 1. The van der Waals surface area contributed by atoms with Crippen molar-refractivity contribution in [3.63, 3.8) is 0 Å². The molecule has 1 heterocycles. The van der Waals surface area contributed by atoms with Crippen molar-refractivity contribution in [2.45, 2.75) is 11.8 Å². The normalized spacial score (nSPS) is 21.3. The topological polar surface area (TPSA) is 26.0 Å². The number of nitrogens with two attached hydrogens (primary N) is 1. The molecule has 1 aliphatic heterocycles. The van der Waals surface area contributed by atoms with Crippen LogP contribution in [0, 0.1) is 5.82 Å². The minimum absolute atomic E-state index is 0.0271. The molecule has 2 N–H and O–H groups in total. The minimum atomic E-state index is -0.215. The molecule has 0 radical (unpaired) electrons. The van der Waals surface area contributed by atoms with Gasteiger partial charge in [-0.25, -0.2) is 4.39 Å². The molecule has 0 fully saturated rings. The fraction of sp³-hybridized carbons (Fsp3) is 0.333. The summed E-state index contributed by atoms with van der Waals surface area (Å²) in [5, 5.41) is 0. The summed E-state index contributed by atoms with van der Waals surface area (Å²) in [4.78, 5) is 0. The lowest BCUT2D eigenvalue weighted by atomic mass is 10.0. The summed E-state index contributed by atoms with van der Waals surface area (Å²) in [6, 6.07) is 3.02. The van der Waals surface area contributed by atoms with E-state index in [0.29, 0.717) is 0 Å². The molecule has 0 amide bonds. The predicted molar refractivity (Wildman–Crippen MR) is 57.2 cm³/mol. The molecule has 1 aromatic rings. The SMILES string of the molecule is N[C@H]1CSCc2c(Br)cc(F)cc21. The smallest absolute Gasteiger partial charge is 0.124 e. The molecule has 1 nitrogen and oxygen atoms in total. The Hall–Kier alpha value is -0.0600. The molecule has 1 aliphatic rings. The lowest BCUT2D eigenvalue weighted by Gasteiger charge is -2.22.